The molecule has 0 heterocycles. The Labute approximate surface area is 67.2 Å². The normalized spacial score (nSPS) is 17.4. The first-order chi connectivity index (χ1) is 5.33. The predicted molar refractivity (Wildman–Crippen MR) is 33.4 cm³/mol. The molecule has 0 spiro atoms. The summed E-state index contributed by atoms with van der Waals surface area (Å²) in [6.07, 6.45) is -5.03. The molecule has 74 valence electrons. The van der Waals surface area contributed by atoms with Crippen molar-refractivity contribution in [2.75, 3.05) is 13.7 Å². The highest BCUT2D eigenvalue weighted by molar-refractivity contribution is 7.48. The van der Waals surface area contributed by atoms with Gasteiger partial charge in [0, 0.05) is 7.11 Å². The standard InChI is InChI=1S/C4H8F3O4P/c1-3-10-12(8,9-2)11-4(5,6)7/h3H2,1-2H3. The molecule has 4 nitrogen and oxygen atoms in total. The predicted octanol–water partition coefficient (Wildman–Crippen LogP) is 2.31. The van der Waals surface area contributed by atoms with Gasteiger partial charge in [-0.3, -0.25) is 9.05 Å². The number of phosphoric acid groups is 1. The van der Waals surface area contributed by atoms with E-state index in [4.69, 9.17) is 0 Å². The van der Waals surface area contributed by atoms with Gasteiger partial charge in [0.05, 0.1) is 6.61 Å². The molecule has 1 unspecified atom stereocenters. The van der Waals surface area contributed by atoms with Crippen LogP contribution in [0.5, 0.6) is 0 Å². The molecule has 0 rings (SSSR count). The molecular weight excluding hydrogens is 200 g/mol. The summed E-state index contributed by atoms with van der Waals surface area (Å²) in [6.45, 7) is 1.17. The van der Waals surface area contributed by atoms with E-state index in [0.29, 0.717) is 0 Å². The molecular formula is C4H8F3O4P. The first-order valence-electron chi connectivity index (χ1n) is 2.91. The molecule has 0 aliphatic heterocycles. The number of phosphoric ester groups is 1. The molecule has 8 heteroatoms. The average molecular weight is 208 g/mol. The fraction of sp³-hybridized carbons (Fsp3) is 1.00. The van der Waals surface area contributed by atoms with Gasteiger partial charge in [-0.05, 0) is 6.92 Å². The lowest BCUT2D eigenvalue weighted by Crippen LogP contribution is -2.13. The van der Waals surface area contributed by atoms with Crippen LogP contribution in [0.4, 0.5) is 13.2 Å². The summed E-state index contributed by atoms with van der Waals surface area (Å²) in [7, 11) is -3.64. The second-order valence-electron chi connectivity index (χ2n) is 1.58. The van der Waals surface area contributed by atoms with E-state index in [1.54, 1.807) is 0 Å². The van der Waals surface area contributed by atoms with E-state index in [0.717, 1.165) is 7.11 Å². The van der Waals surface area contributed by atoms with Crippen LogP contribution in [-0.4, -0.2) is 20.1 Å². The molecule has 0 N–H and O–H groups in total. The van der Waals surface area contributed by atoms with Crippen LogP contribution in [0.15, 0.2) is 0 Å². The summed E-state index contributed by atoms with van der Waals surface area (Å²) in [6, 6.07) is 0. The fourth-order valence-electron chi connectivity index (χ4n) is 0.401. The van der Waals surface area contributed by atoms with Crippen LogP contribution in [0.3, 0.4) is 0 Å². The van der Waals surface area contributed by atoms with E-state index < -0.39 is 14.2 Å². The van der Waals surface area contributed by atoms with Crippen LogP contribution in [0.2, 0.25) is 0 Å². The van der Waals surface area contributed by atoms with Crippen LogP contribution in [-0.2, 0) is 18.1 Å². The van der Waals surface area contributed by atoms with Crippen molar-refractivity contribution in [3.63, 3.8) is 0 Å². The Hall–Kier alpha value is -0.100. The van der Waals surface area contributed by atoms with Crippen LogP contribution in [0.25, 0.3) is 0 Å². The lowest BCUT2D eigenvalue weighted by molar-refractivity contribution is -0.283. The number of rotatable bonds is 4. The van der Waals surface area contributed by atoms with Gasteiger partial charge in [0.25, 0.3) is 0 Å². The number of halogens is 3. The zero-order valence-electron chi connectivity index (χ0n) is 6.42. The summed E-state index contributed by atoms with van der Waals surface area (Å²) in [5, 5.41) is 0. The van der Waals surface area contributed by atoms with Gasteiger partial charge in [0.2, 0.25) is 0 Å². The van der Waals surface area contributed by atoms with Gasteiger partial charge in [-0.1, -0.05) is 0 Å². The first-order valence-corrected chi connectivity index (χ1v) is 4.37. The van der Waals surface area contributed by atoms with Gasteiger partial charge in [-0.2, -0.15) is 4.52 Å². The molecule has 0 bridgehead atoms. The quantitative estimate of drug-likeness (QED) is 0.665. The minimum Gasteiger partial charge on any atom is -0.290 e. The minimum atomic E-state index is -5.03. The van der Waals surface area contributed by atoms with Gasteiger partial charge in [-0.25, -0.2) is 4.57 Å². The number of alkyl halides is 3. The van der Waals surface area contributed by atoms with E-state index in [1.807, 2.05) is 0 Å². The Morgan fingerprint density at radius 2 is 1.92 bits per heavy atom. The number of hydrogen-bond donors (Lipinski definition) is 0. The maximum Gasteiger partial charge on any atom is 0.531 e. The van der Waals surface area contributed by atoms with E-state index in [1.165, 1.54) is 6.92 Å². The lowest BCUT2D eigenvalue weighted by atomic mass is 10.9. The topological polar surface area (TPSA) is 44.8 Å². The Bertz CT molecular complexity index is 180. The Morgan fingerprint density at radius 3 is 2.17 bits per heavy atom. The Balaban J connectivity index is 4.25. The van der Waals surface area contributed by atoms with E-state index in [2.05, 4.69) is 13.6 Å². The lowest BCUT2D eigenvalue weighted by Gasteiger charge is -2.15. The van der Waals surface area contributed by atoms with Crippen molar-refractivity contribution in [1.82, 2.24) is 0 Å². The molecule has 0 amide bonds. The third-order valence-corrected chi connectivity index (χ3v) is 2.18. The smallest absolute Gasteiger partial charge is 0.290 e. The summed E-state index contributed by atoms with van der Waals surface area (Å²) in [5.74, 6) is 0. The second-order valence-corrected chi connectivity index (χ2v) is 3.28. The van der Waals surface area contributed by atoms with E-state index in [9.17, 15) is 17.7 Å². The largest absolute Gasteiger partial charge is 0.531 e. The molecule has 1 atom stereocenters. The third-order valence-electron chi connectivity index (χ3n) is 0.726. The maximum absolute atomic E-state index is 11.5. The molecule has 0 aromatic carbocycles. The summed E-state index contributed by atoms with van der Waals surface area (Å²) >= 11 is 0. The van der Waals surface area contributed by atoms with Gasteiger partial charge < -0.3 is 0 Å². The highest BCUT2D eigenvalue weighted by atomic mass is 31.2. The maximum atomic E-state index is 11.5. The third kappa shape index (κ3) is 4.71. The van der Waals surface area contributed by atoms with Crippen LogP contribution in [0.1, 0.15) is 6.92 Å². The van der Waals surface area contributed by atoms with Crippen molar-refractivity contribution in [3.8, 4) is 0 Å². The highest BCUT2D eigenvalue weighted by Crippen LogP contribution is 2.52. The molecule has 0 saturated carbocycles. The molecule has 0 aromatic heterocycles. The molecule has 0 radical (unpaired) electrons. The zero-order valence-corrected chi connectivity index (χ0v) is 7.32. The molecule has 0 aromatic rings. The van der Waals surface area contributed by atoms with Gasteiger partial charge in [-0.15, -0.1) is 13.2 Å². The van der Waals surface area contributed by atoms with Crippen LogP contribution < -0.4 is 0 Å². The van der Waals surface area contributed by atoms with Crippen molar-refractivity contribution in [3.05, 3.63) is 0 Å². The molecule has 0 saturated heterocycles. The van der Waals surface area contributed by atoms with Gasteiger partial charge in [0.15, 0.2) is 0 Å². The Morgan fingerprint density at radius 1 is 1.42 bits per heavy atom. The monoisotopic (exact) mass is 208 g/mol. The van der Waals surface area contributed by atoms with Gasteiger partial charge in [0.1, 0.15) is 0 Å². The summed E-state index contributed by atoms with van der Waals surface area (Å²) < 4.78 is 56.5. The van der Waals surface area contributed by atoms with Gasteiger partial charge >= 0.3 is 14.2 Å². The molecule has 0 aliphatic carbocycles. The second kappa shape index (κ2) is 4.23. The number of hydrogen-bond acceptors (Lipinski definition) is 4. The highest BCUT2D eigenvalue weighted by Gasteiger charge is 2.42. The van der Waals surface area contributed by atoms with Crippen LogP contribution in [0, 0.1) is 0 Å². The van der Waals surface area contributed by atoms with Crippen molar-refractivity contribution in [2.45, 2.75) is 13.3 Å². The molecule has 0 aliphatic rings. The minimum absolute atomic E-state index is 0.193. The zero-order chi connectivity index (χ0) is 9.83. The average Bonchev–Trinajstić information content (AvgIpc) is 1.84. The first kappa shape index (κ1) is 11.9. The van der Waals surface area contributed by atoms with E-state index in [-0.39, 0.29) is 6.61 Å². The summed E-state index contributed by atoms with van der Waals surface area (Å²) in [5.41, 5.74) is 0. The van der Waals surface area contributed by atoms with Crippen molar-refractivity contribution in [2.24, 2.45) is 0 Å². The van der Waals surface area contributed by atoms with Crippen molar-refractivity contribution < 1.29 is 31.3 Å². The van der Waals surface area contributed by atoms with E-state index >= 15 is 0 Å². The molecule has 0 fully saturated rings. The van der Waals surface area contributed by atoms with Crippen molar-refractivity contribution in [1.29, 1.82) is 0 Å². The fourth-order valence-corrected chi connectivity index (χ4v) is 1.20. The summed E-state index contributed by atoms with van der Waals surface area (Å²) in [4.78, 5) is 0. The van der Waals surface area contributed by atoms with Crippen LogP contribution >= 0.6 is 7.82 Å². The van der Waals surface area contributed by atoms with Crippen molar-refractivity contribution >= 4 is 7.82 Å². The Kier molecular flexibility index (Phi) is 4.19. The molecule has 12 heavy (non-hydrogen) atoms. The SMILES string of the molecule is CCOP(=O)(OC)OC(F)(F)F.